The molecule has 8 heteroatoms. The second-order valence-corrected chi connectivity index (χ2v) is 6.78. The van der Waals surface area contributed by atoms with E-state index in [1.54, 1.807) is 9.80 Å². The van der Waals surface area contributed by atoms with Gasteiger partial charge in [0.1, 0.15) is 0 Å². The summed E-state index contributed by atoms with van der Waals surface area (Å²) >= 11 is 0. The highest BCUT2D eigenvalue weighted by atomic mass is 16.4. The molecular formula is C18H24N4O4. The molecule has 2 saturated heterocycles. The van der Waals surface area contributed by atoms with E-state index in [4.69, 9.17) is 5.11 Å². The number of carbonyl (C=O) groups excluding carboxylic acids is 2. The fourth-order valence-electron chi connectivity index (χ4n) is 3.38. The molecule has 1 aromatic carbocycles. The van der Waals surface area contributed by atoms with Gasteiger partial charge in [0.2, 0.25) is 0 Å². The predicted molar refractivity (Wildman–Crippen MR) is 95.9 cm³/mol. The van der Waals surface area contributed by atoms with E-state index < -0.39 is 5.97 Å². The zero-order valence-electron chi connectivity index (χ0n) is 14.6. The summed E-state index contributed by atoms with van der Waals surface area (Å²) in [5.74, 6) is -1.15. The van der Waals surface area contributed by atoms with Gasteiger partial charge >= 0.3 is 18.0 Å². The second-order valence-electron chi connectivity index (χ2n) is 6.78. The first kappa shape index (κ1) is 18.0. The molecule has 4 amide bonds. The highest BCUT2D eigenvalue weighted by molar-refractivity contribution is 5.89. The number of piperidine rings is 1. The molecule has 26 heavy (non-hydrogen) atoms. The first-order valence-corrected chi connectivity index (χ1v) is 8.92. The van der Waals surface area contributed by atoms with Gasteiger partial charge in [-0.3, -0.25) is 4.79 Å². The maximum absolute atomic E-state index is 12.3. The number of nitrogens with one attached hydrogen (secondary N) is 2. The van der Waals surface area contributed by atoms with Crippen LogP contribution >= 0.6 is 0 Å². The van der Waals surface area contributed by atoms with Crippen molar-refractivity contribution < 1.29 is 19.5 Å². The number of carboxylic acids is 1. The molecule has 3 rings (SSSR count). The van der Waals surface area contributed by atoms with E-state index in [1.165, 1.54) is 0 Å². The average molecular weight is 360 g/mol. The number of nitrogens with zero attached hydrogens (tertiary/aromatic N) is 2. The predicted octanol–water partition coefficient (Wildman–Crippen LogP) is 1.80. The van der Waals surface area contributed by atoms with E-state index in [0.717, 1.165) is 5.69 Å². The molecule has 1 unspecified atom stereocenters. The van der Waals surface area contributed by atoms with Crippen molar-refractivity contribution in [2.75, 3.05) is 31.5 Å². The minimum atomic E-state index is -0.791. The van der Waals surface area contributed by atoms with Crippen LogP contribution in [0.2, 0.25) is 0 Å². The Hall–Kier alpha value is -2.77. The van der Waals surface area contributed by atoms with Crippen LogP contribution in [0.3, 0.4) is 0 Å². The number of hydrogen-bond donors (Lipinski definition) is 3. The average Bonchev–Trinajstić information content (AvgIpc) is 3.11. The summed E-state index contributed by atoms with van der Waals surface area (Å²) < 4.78 is 0. The van der Waals surface area contributed by atoms with Gasteiger partial charge in [-0.25, -0.2) is 9.59 Å². The molecule has 1 atom stereocenters. The Bertz CT molecular complexity index is 658. The lowest BCUT2D eigenvalue weighted by atomic mass is 9.97. The lowest BCUT2D eigenvalue weighted by Gasteiger charge is -2.31. The van der Waals surface area contributed by atoms with Crippen molar-refractivity contribution in [1.82, 2.24) is 15.1 Å². The molecule has 0 spiro atoms. The Kier molecular flexibility index (Phi) is 5.60. The normalized spacial score (nSPS) is 20.7. The fraction of sp³-hybridized carbons (Fsp3) is 0.500. The van der Waals surface area contributed by atoms with Gasteiger partial charge in [-0.1, -0.05) is 18.2 Å². The van der Waals surface area contributed by atoms with Gasteiger partial charge in [-0.2, -0.15) is 0 Å². The molecule has 0 aromatic heterocycles. The maximum Gasteiger partial charge on any atom is 0.321 e. The van der Waals surface area contributed by atoms with Crippen LogP contribution < -0.4 is 10.6 Å². The topological polar surface area (TPSA) is 102 Å². The number of carboxylic acid groups (broad SMARTS) is 1. The van der Waals surface area contributed by atoms with E-state index in [9.17, 15) is 14.4 Å². The van der Waals surface area contributed by atoms with Gasteiger partial charge in [0.15, 0.2) is 0 Å². The van der Waals surface area contributed by atoms with Crippen molar-refractivity contribution in [3.63, 3.8) is 0 Å². The SMILES string of the molecule is O=C(O)C1CCN(C(=O)NC2CCN(C(=O)Nc3ccccc3)C2)CC1. The number of carbonyl (C=O) groups is 3. The van der Waals surface area contributed by atoms with E-state index >= 15 is 0 Å². The van der Waals surface area contributed by atoms with Gasteiger partial charge < -0.3 is 25.5 Å². The molecule has 0 radical (unpaired) electrons. The van der Waals surface area contributed by atoms with E-state index in [-0.39, 0.29) is 24.0 Å². The molecule has 2 aliphatic heterocycles. The lowest BCUT2D eigenvalue weighted by Crippen LogP contribution is -2.49. The largest absolute Gasteiger partial charge is 0.481 e. The van der Waals surface area contributed by atoms with Crippen LogP contribution in [-0.4, -0.2) is 65.2 Å². The van der Waals surface area contributed by atoms with E-state index in [2.05, 4.69) is 10.6 Å². The Morgan fingerprint density at radius 2 is 1.58 bits per heavy atom. The molecule has 0 aliphatic carbocycles. The number of urea groups is 2. The smallest absolute Gasteiger partial charge is 0.321 e. The van der Waals surface area contributed by atoms with Gasteiger partial charge in [0.05, 0.1) is 5.92 Å². The molecule has 1 aromatic rings. The van der Waals surface area contributed by atoms with Crippen LogP contribution in [-0.2, 0) is 4.79 Å². The lowest BCUT2D eigenvalue weighted by molar-refractivity contribution is -0.143. The van der Waals surface area contributed by atoms with Crippen LogP contribution in [0.1, 0.15) is 19.3 Å². The summed E-state index contributed by atoms with van der Waals surface area (Å²) in [6.45, 7) is 1.96. The summed E-state index contributed by atoms with van der Waals surface area (Å²) in [5, 5.41) is 14.8. The van der Waals surface area contributed by atoms with Crippen molar-refractivity contribution in [2.24, 2.45) is 5.92 Å². The Balaban J connectivity index is 1.43. The van der Waals surface area contributed by atoms with Crippen molar-refractivity contribution in [2.45, 2.75) is 25.3 Å². The monoisotopic (exact) mass is 360 g/mol. The molecule has 3 N–H and O–H groups in total. The summed E-state index contributed by atoms with van der Waals surface area (Å²) in [6.07, 6.45) is 1.68. The summed E-state index contributed by atoms with van der Waals surface area (Å²) in [7, 11) is 0. The number of amides is 4. The summed E-state index contributed by atoms with van der Waals surface area (Å²) in [5.41, 5.74) is 0.742. The number of benzene rings is 1. The standard InChI is InChI=1S/C18H24N4O4/c23-16(24)13-6-9-21(10-7-13)17(25)20-15-8-11-22(12-15)18(26)19-14-4-2-1-3-5-14/h1-5,13,15H,6-12H2,(H,19,26)(H,20,25)(H,23,24). The van der Waals surface area contributed by atoms with Gasteiger partial charge in [-0.05, 0) is 31.4 Å². The molecule has 2 fully saturated rings. The van der Waals surface area contributed by atoms with Crippen LogP contribution in [0.25, 0.3) is 0 Å². The highest BCUT2D eigenvalue weighted by Gasteiger charge is 2.31. The molecule has 140 valence electrons. The van der Waals surface area contributed by atoms with Crippen molar-refractivity contribution in [3.05, 3.63) is 30.3 Å². The first-order valence-electron chi connectivity index (χ1n) is 8.92. The summed E-state index contributed by atoms with van der Waals surface area (Å²) in [4.78, 5) is 39.0. The van der Waals surface area contributed by atoms with E-state index in [0.29, 0.717) is 45.4 Å². The number of rotatable bonds is 3. The van der Waals surface area contributed by atoms with Crippen LogP contribution in [0.15, 0.2) is 30.3 Å². The van der Waals surface area contributed by atoms with Crippen molar-refractivity contribution >= 4 is 23.7 Å². The van der Waals surface area contributed by atoms with Crippen molar-refractivity contribution in [1.29, 1.82) is 0 Å². The minimum absolute atomic E-state index is 0.0822. The highest BCUT2D eigenvalue weighted by Crippen LogP contribution is 2.18. The van der Waals surface area contributed by atoms with Gasteiger partial charge in [0, 0.05) is 37.9 Å². The zero-order valence-corrected chi connectivity index (χ0v) is 14.6. The number of para-hydroxylation sites is 1. The quantitative estimate of drug-likeness (QED) is 0.765. The molecular weight excluding hydrogens is 336 g/mol. The zero-order chi connectivity index (χ0) is 18.5. The molecule has 0 bridgehead atoms. The summed E-state index contributed by atoms with van der Waals surface area (Å²) in [6, 6.07) is 8.82. The third-order valence-corrected chi connectivity index (χ3v) is 4.96. The van der Waals surface area contributed by atoms with Crippen LogP contribution in [0.4, 0.5) is 15.3 Å². The molecule has 2 heterocycles. The number of likely N-dealkylation sites (tertiary alicyclic amines) is 2. The van der Waals surface area contributed by atoms with Crippen LogP contribution in [0, 0.1) is 5.92 Å². The van der Waals surface area contributed by atoms with Crippen LogP contribution in [0.5, 0.6) is 0 Å². The third kappa shape index (κ3) is 4.44. The number of hydrogen-bond acceptors (Lipinski definition) is 3. The fourth-order valence-corrected chi connectivity index (χ4v) is 3.38. The Morgan fingerprint density at radius 1 is 0.923 bits per heavy atom. The second kappa shape index (κ2) is 8.07. The third-order valence-electron chi connectivity index (χ3n) is 4.96. The first-order chi connectivity index (χ1) is 12.5. The van der Waals surface area contributed by atoms with Gasteiger partial charge in [0.25, 0.3) is 0 Å². The minimum Gasteiger partial charge on any atom is -0.481 e. The van der Waals surface area contributed by atoms with E-state index in [1.807, 2.05) is 30.3 Å². The molecule has 0 saturated carbocycles. The van der Waals surface area contributed by atoms with Crippen molar-refractivity contribution in [3.8, 4) is 0 Å². The Morgan fingerprint density at radius 3 is 2.23 bits per heavy atom. The Labute approximate surface area is 152 Å². The van der Waals surface area contributed by atoms with Gasteiger partial charge in [-0.15, -0.1) is 0 Å². The number of aliphatic carboxylic acids is 1. The number of anilines is 1. The maximum atomic E-state index is 12.3. The molecule has 8 nitrogen and oxygen atoms in total. The molecule has 2 aliphatic rings.